The lowest BCUT2D eigenvalue weighted by molar-refractivity contribution is 0.182. The first-order valence-electron chi connectivity index (χ1n) is 5.34. The summed E-state index contributed by atoms with van der Waals surface area (Å²) in [5.74, 6) is 0.756. The molecule has 0 radical (unpaired) electrons. The van der Waals surface area contributed by atoms with Crippen molar-refractivity contribution in [3.05, 3.63) is 50.1 Å². The molecule has 0 aliphatic rings. The van der Waals surface area contributed by atoms with Gasteiger partial charge in [-0.05, 0) is 29.8 Å². The Morgan fingerprint density at radius 3 is 2.78 bits per heavy atom. The summed E-state index contributed by atoms with van der Waals surface area (Å²) in [5, 5.41) is 13.2. The zero-order chi connectivity index (χ0) is 13.1. The van der Waals surface area contributed by atoms with Crippen molar-refractivity contribution in [1.82, 2.24) is 0 Å². The minimum atomic E-state index is -0.602. The topological polar surface area (TPSA) is 29.5 Å². The van der Waals surface area contributed by atoms with Crippen molar-refractivity contribution < 1.29 is 9.84 Å². The van der Waals surface area contributed by atoms with E-state index in [1.165, 1.54) is 11.3 Å². The standard InChI is InChI=1S/C13H12Cl2O2S/c1-17-10-6-13(18-7-10)12(16)5-8-4-9(14)2-3-11(8)15/h2-4,6-7,12,16H,5H2,1H3. The molecule has 1 heterocycles. The Hall–Kier alpha value is -0.740. The number of hydrogen-bond donors (Lipinski definition) is 1. The number of aliphatic hydroxyl groups is 1. The van der Waals surface area contributed by atoms with E-state index >= 15 is 0 Å². The molecule has 0 spiro atoms. The van der Waals surface area contributed by atoms with Crippen LogP contribution in [0.4, 0.5) is 0 Å². The van der Waals surface area contributed by atoms with Crippen molar-refractivity contribution in [2.75, 3.05) is 7.11 Å². The maximum absolute atomic E-state index is 10.2. The van der Waals surface area contributed by atoms with Gasteiger partial charge in [0.25, 0.3) is 0 Å². The lowest BCUT2D eigenvalue weighted by Crippen LogP contribution is -2.00. The molecule has 2 nitrogen and oxygen atoms in total. The predicted octanol–water partition coefficient (Wildman–Crippen LogP) is 4.34. The van der Waals surface area contributed by atoms with Crippen molar-refractivity contribution in [3.8, 4) is 5.75 Å². The molecule has 2 aromatic rings. The van der Waals surface area contributed by atoms with Crippen LogP contribution in [0, 0.1) is 0 Å². The number of benzene rings is 1. The van der Waals surface area contributed by atoms with Gasteiger partial charge in [-0.1, -0.05) is 23.2 Å². The van der Waals surface area contributed by atoms with Gasteiger partial charge in [-0.25, -0.2) is 0 Å². The fraction of sp³-hybridized carbons (Fsp3) is 0.231. The van der Waals surface area contributed by atoms with Gasteiger partial charge in [0.2, 0.25) is 0 Å². The molecule has 1 unspecified atom stereocenters. The molecule has 18 heavy (non-hydrogen) atoms. The van der Waals surface area contributed by atoms with E-state index in [4.69, 9.17) is 27.9 Å². The molecule has 96 valence electrons. The second-order valence-electron chi connectivity index (χ2n) is 3.84. The highest BCUT2D eigenvalue weighted by atomic mass is 35.5. The van der Waals surface area contributed by atoms with E-state index < -0.39 is 6.10 Å². The molecule has 0 saturated heterocycles. The van der Waals surface area contributed by atoms with E-state index in [0.29, 0.717) is 16.5 Å². The number of aliphatic hydroxyl groups excluding tert-OH is 1. The molecular formula is C13H12Cl2O2S. The third kappa shape index (κ3) is 3.18. The number of rotatable bonds is 4. The van der Waals surface area contributed by atoms with Crippen LogP contribution < -0.4 is 4.74 Å². The first-order valence-corrected chi connectivity index (χ1v) is 6.98. The van der Waals surface area contributed by atoms with Crippen molar-refractivity contribution in [3.63, 3.8) is 0 Å². The van der Waals surface area contributed by atoms with Crippen LogP contribution in [0.15, 0.2) is 29.6 Å². The molecule has 5 heteroatoms. The van der Waals surface area contributed by atoms with Crippen molar-refractivity contribution >= 4 is 34.5 Å². The lowest BCUT2D eigenvalue weighted by Gasteiger charge is -2.10. The fourth-order valence-corrected chi connectivity index (χ4v) is 2.86. The average molecular weight is 303 g/mol. The monoisotopic (exact) mass is 302 g/mol. The molecule has 0 aliphatic carbocycles. The van der Waals surface area contributed by atoms with Crippen LogP contribution in [0.3, 0.4) is 0 Å². The molecule has 0 saturated carbocycles. The third-order valence-electron chi connectivity index (χ3n) is 2.58. The Kier molecular flexibility index (Phi) is 4.51. The summed E-state index contributed by atoms with van der Waals surface area (Å²) in [5.41, 5.74) is 0.837. The van der Waals surface area contributed by atoms with Gasteiger partial charge in [0, 0.05) is 26.7 Å². The van der Waals surface area contributed by atoms with Gasteiger partial charge in [-0.3, -0.25) is 0 Å². The first-order chi connectivity index (χ1) is 8.60. The summed E-state index contributed by atoms with van der Waals surface area (Å²) < 4.78 is 5.09. The Bertz CT molecular complexity index is 540. The molecule has 0 amide bonds. The zero-order valence-corrected chi connectivity index (χ0v) is 12.0. The van der Waals surface area contributed by atoms with E-state index in [1.54, 1.807) is 25.3 Å². The maximum Gasteiger partial charge on any atom is 0.129 e. The first kappa shape index (κ1) is 13.7. The quantitative estimate of drug-likeness (QED) is 0.910. The van der Waals surface area contributed by atoms with E-state index in [-0.39, 0.29) is 0 Å². The van der Waals surface area contributed by atoms with E-state index in [2.05, 4.69) is 0 Å². The van der Waals surface area contributed by atoms with Gasteiger partial charge in [0.15, 0.2) is 0 Å². The van der Waals surface area contributed by atoms with Gasteiger partial charge in [-0.2, -0.15) is 0 Å². The Morgan fingerprint density at radius 2 is 2.11 bits per heavy atom. The molecule has 0 fully saturated rings. The number of methoxy groups -OCH3 is 1. The average Bonchev–Trinajstić information content (AvgIpc) is 2.82. The fourth-order valence-electron chi connectivity index (χ4n) is 1.62. The predicted molar refractivity (Wildman–Crippen MR) is 76.0 cm³/mol. The van der Waals surface area contributed by atoms with Crippen LogP contribution in [0.2, 0.25) is 10.0 Å². The Morgan fingerprint density at radius 1 is 1.33 bits per heavy atom. The molecule has 1 atom stereocenters. The molecule has 0 aliphatic heterocycles. The second kappa shape index (κ2) is 5.93. The zero-order valence-electron chi connectivity index (χ0n) is 9.69. The van der Waals surface area contributed by atoms with Crippen LogP contribution in [0.5, 0.6) is 5.75 Å². The van der Waals surface area contributed by atoms with Crippen LogP contribution >= 0.6 is 34.5 Å². The summed E-state index contributed by atoms with van der Waals surface area (Å²) in [6.45, 7) is 0. The summed E-state index contributed by atoms with van der Waals surface area (Å²) in [7, 11) is 1.60. The molecular weight excluding hydrogens is 291 g/mol. The molecule has 2 rings (SSSR count). The van der Waals surface area contributed by atoms with Gasteiger partial charge < -0.3 is 9.84 Å². The largest absolute Gasteiger partial charge is 0.496 e. The van der Waals surface area contributed by atoms with Gasteiger partial charge >= 0.3 is 0 Å². The number of thiophene rings is 1. The van der Waals surface area contributed by atoms with E-state index in [9.17, 15) is 5.11 Å². The van der Waals surface area contributed by atoms with Crippen molar-refractivity contribution in [1.29, 1.82) is 0 Å². The Balaban J connectivity index is 2.15. The summed E-state index contributed by atoms with van der Waals surface area (Å²) in [6, 6.07) is 7.07. The smallest absolute Gasteiger partial charge is 0.129 e. The summed E-state index contributed by atoms with van der Waals surface area (Å²) in [6.07, 6.45) is -0.168. The lowest BCUT2D eigenvalue weighted by atomic mass is 10.1. The normalized spacial score (nSPS) is 12.4. The molecule has 1 aromatic carbocycles. The van der Waals surface area contributed by atoms with Gasteiger partial charge in [0.1, 0.15) is 5.75 Å². The third-order valence-corrected chi connectivity index (χ3v) is 4.20. The van der Waals surface area contributed by atoms with Crippen LogP contribution in [0.25, 0.3) is 0 Å². The number of halogens is 2. The second-order valence-corrected chi connectivity index (χ2v) is 5.63. The molecule has 1 aromatic heterocycles. The molecule has 0 bridgehead atoms. The number of ether oxygens (including phenoxy) is 1. The maximum atomic E-state index is 10.2. The van der Waals surface area contributed by atoms with E-state index in [1.807, 2.05) is 11.4 Å². The summed E-state index contributed by atoms with van der Waals surface area (Å²) >= 11 is 13.4. The minimum absolute atomic E-state index is 0.434. The van der Waals surface area contributed by atoms with Gasteiger partial charge in [0.05, 0.1) is 13.2 Å². The van der Waals surface area contributed by atoms with Crippen LogP contribution in [-0.2, 0) is 6.42 Å². The highest BCUT2D eigenvalue weighted by Crippen LogP contribution is 2.31. The van der Waals surface area contributed by atoms with Crippen molar-refractivity contribution in [2.24, 2.45) is 0 Å². The summed E-state index contributed by atoms with van der Waals surface area (Å²) in [4.78, 5) is 0.850. The molecule has 1 N–H and O–H groups in total. The SMILES string of the molecule is COc1csc(C(O)Cc2cc(Cl)ccc2Cl)c1. The number of hydrogen-bond acceptors (Lipinski definition) is 3. The van der Waals surface area contributed by atoms with Crippen LogP contribution in [-0.4, -0.2) is 12.2 Å². The van der Waals surface area contributed by atoms with Crippen molar-refractivity contribution in [2.45, 2.75) is 12.5 Å². The van der Waals surface area contributed by atoms with E-state index in [0.717, 1.165) is 16.2 Å². The minimum Gasteiger partial charge on any atom is -0.496 e. The Labute approximate surface area is 120 Å². The van der Waals surface area contributed by atoms with Gasteiger partial charge in [-0.15, -0.1) is 11.3 Å². The van der Waals surface area contributed by atoms with Crippen LogP contribution in [0.1, 0.15) is 16.5 Å². The highest BCUT2D eigenvalue weighted by Gasteiger charge is 2.14. The highest BCUT2D eigenvalue weighted by molar-refractivity contribution is 7.10.